The van der Waals surface area contributed by atoms with Crippen LogP contribution in [-0.4, -0.2) is 28.4 Å². The summed E-state index contributed by atoms with van der Waals surface area (Å²) in [7, 11) is 0. The van der Waals surface area contributed by atoms with Crippen LogP contribution in [-0.2, 0) is 0 Å². The first-order valence-electron chi connectivity index (χ1n) is 4.85. The number of ether oxygens (including phenoxy) is 1. The van der Waals surface area contributed by atoms with Crippen LogP contribution in [0.3, 0.4) is 0 Å². The lowest BCUT2D eigenvalue weighted by molar-refractivity contribution is 0.195. The summed E-state index contributed by atoms with van der Waals surface area (Å²) in [4.78, 5) is 9.06. The Morgan fingerprint density at radius 2 is 2.31 bits per heavy atom. The number of hydrogen-bond acceptors (Lipinski definition) is 5. The van der Waals surface area contributed by atoms with Crippen LogP contribution in [0.25, 0.3) is 10.3 Å². The molecule has 0 fully saturated rings. The van der Waals surface area contributed by atoms with Crippen molar-refractivity contribution in [1.82, 2.24) is 9.97 Å². The third-order valence-corrected chi connectivity index (χ3v) is 2.87. The molecular formula is C10H11FN2O2S. The second-order valence-electron chi connectivity index (χ2n) is 3.25. The smallest absolute Gasteiger partial charge is 0.275 e. The van der Waals surface area contributed by atoms with E-state index in [4.69, 9.17) is 4.74 Å². The Morgan fingerprint density at radius 3 is 3.00 bits per heavy atom. The fraction of sp³-hybridized carbons (Fsp3) is 0.400. The maximum atomic E-state index is 11.9. The molecule has 2 aromatic rings. The van der Waals surface area contributed by atoms with Gasteiger partial charge in [-0.3, -0.25) is 0 Å². The monoisotopic (exact) mass is 242 g/mol. The predicted molar refractivity (Wildman–Crippen MR) is 59.5 cm³/mol. The van der Waals surface area contributed by atoms with Crippen molar-refractivity contribution in [3.8, 4) is 5.19 Å². The van der Waals surface area contributed by atoms with Crippen molar-refractivity contribution >= 4 is 21.7 Å². The van der Waals surface area contributed by atoms with Gasteiger partial charge < -0.3 is 9.84 Å². The zero-order chi connectivity index (χ0) is 11.5. The van der Waals surface area contributed by atoms with Crippen LogP contribution in [0.2, 0.25) is 0 Å². The zero-order valence-corrected chi connectivity index (χ0v) is 9.50. The number of thiazole rings is 1. The lowest BCUT2D eigenvalue weighted by Crippen LogP contribution is -1.97. The molecule has 0 aliphatic heterocycles. The molecule has 16 heavy (non-hydrogen) atoms. The largest absolute Gasteiger partial charge is 0.467 e. The number of halogens is 1. The number of hydrogen-bond donors (Lipinski definition) is 1. The van der Waals surface area contributed by atoms with Gasteiger partial charge in [0, 0.05) is 0 Å². The van der Waals surface area contributed by atoms with Crippen LogP contribution in [0.5, 0.6) is 5.19 Å². The summed E-state index contributed by atoms with van der Waals surface area (Å²) in [5.41, 5.74) is 1.29. The Bertz CT molecular complexity index is 487. The molecule has 4 nitrogen and oxygen atoms in total. The standard InChI is InChI=1S/C10H11FN2O2S/c1-6(14)7-2-3-8-9(12-7)16-10(13-8)15-5-4-11/h2-3,6,14H,4-5H2,1H3. The van der Waals surface area contributed by atoms with E-state index in [2.05, 4.69) is 9.97 Å². The molecule has 86 valence electrons. The van der Waals surface area contributed by atoms with Crippen LogP contribution < -0.4 is 4.74 Å². The van der Waals surface area contributed by atoms with Gasteiger partial charge in [-0.1, -0.05) is 11.3 Å². The quantitative estimate of drug-likeness (QED) is 0.892. The van der Waals surface area contributed by atoms with Crippen molar-refractivity contribution in [3.63, 3.8) is 0 Å². The molecule has 2 rings (SSSR count). The number of aliphatic hydroxyl groups is 1. The molecule has 0 saturated carbocycles. The van der Waals surface area contributed by atoms with Gasteiger partial charge in [0.2, 0.25) is 0 Å². The van der Waals surface area contributed by atoms with E-state index in [1.54, 1.807) is 19.1 Å². The van der Waals surface area contributed by atoms with Crippen LogP contribution in [0.1, 0.15) is 18.7 Å². The van der Waals surface area contributed by atoms with Gasteiger partial charge in [0.15, 0.2) is 0 Å². The number of fused-ring (bicyclic) bond motifs is 1. The van der Waals surface area contributed by atoms with Crippen LogP contribution in [0.15, 0.2) is 12.1 Å². The highest BCUT2D eigenvalue weighted by Gasteiger charge is 2.09. The number of nitrogens with zero attached hydrogens (tertiary/aromatic N) is 2. The van der Waals surface area contributed by atoms with E-state index in [-0.39, 0.29) is 6.61 Å². The molecule has 0 bridgehead atoms. The minimum atomic E-state index is -0.610. The number of rotatable bonds is 4. The van der Waals surface area contributed by atoms with Gasteiger partial charge in [-0.2, -0.15) is 0 Å². The van der Waals surface area contributed by atoms with E-state index >= 15 is 0 Å². The van der Waals surface area contributed by atoms with Gasteiger partial charge in [0.1, 0.15) is 23.6 Å². The molecular weight excluding hydrogens is 231 g/mol. The second kappa shape index (κ2) is 4.71. The molecule has 1 unspecified atom stereocenters. The molecule has 0 amide bonds. The van der Waals surface area contributed by atoms with Crippen molar-refractivity contribution in [3.05, 3.63) is 17.8 Å². The average Bonchev–Trinajstić information content (AvgIpc) is 2.67. The van der Waals surface area contributed by atoms with E-state index < -0.39 is 12.8 Å². The molecule has 0 aliphatic rings. The topological polar surface area (TPSA) is 55.2 Å². The Hall–Kier alpha value is -1.27. The summed E-state index contributed by atoms with van der Waals surface area (Å²) < 4.78 is 17.0. The Balaban J connectivity index is 2.30. The van der Waals surface area contributed by atoms with Crippen molar-refractivity contribution < 1.29 is 14.2 Å². The molecule has 0 saturated heterocycles. The van der Waals surface area contributed by atoms with Crippen LogP contribution in [0.4, 0.5) is 4.39 Å². The van der Waals surface area contributed by atoms with Crippen molar-refractivity contribution in [2.75, 3.05) is 13.3 Å². The maximum absolute atomic E-state index is 11.9. The number of aromatic nitrogens is 2. The third kappa shape index (κ3) is 2.28. The molecule has 0 aromatic carbocycles. The molecule has 2 heterocycles. The molecule has 2 aromatic heterocycles. The number of aliphatic hydroxyl groups excluding tert-OH is 1. The fourth-order valence-electron chi connectivity index (χ4n) is 1.23. The van der Waals surface area contributed by atoms with Crippen molar-refractivity contribution in [2.24, 2.45) is 0 Å². The maximum Gasteiger partial charge on any atom is 0.275 e. The minimum absolute atomic E-state index is 0.00306. The highest BCUT2D eigenvalue weighted by molar-refractivity contribution is 7.19. The zero-order valence-electron chi connectivity index (χ0n) is 8.68. The molecule has 0 radical (unpaired) electrons. The lowest BCUT2D eigenvalue weighted by atomic mass is 10.2. The summed E-state index contributed by atoms with van der Waals surface area (Å²) in [5, 5.41) is 9.78. The van der Waals surface area contributed by atoms with Gasteiger partial charge in [0.05, 0.1) is 11.8 Å². The van der Waals surface area contributed by atoms with Gasteiger partial charge in [0.25, 0.3) is 5.19 Å². The molecule has 6 heteroatoms. The van der Waals surface area contributed by atoms with Crippen LogP contribution in [0, 0.1) is 0 Å². The predicted octanol–water partition coefficient (Wildman–Crippen LogP) is 2.09. The van der Waals surface area contributed by atoms with E-state index in [0.29, 0.717) is 21.2 Å². The first-order valence-corrected chi connectivity index (χ1v) is 5.66. The number of alkyl halides is 1. The lowest BCUT2D eigenvalue weighted by Gasteiger charge is -2.01. The van der Waals surface area contributed by atoms with E-state index in [1.807, 2.05) is 0 Å². The van der Waals surface area contributed by atoms with Crippen LogP contribution >= 0.6 is 11.3 Å². The highest BCUT2D eigenvalue weighted by atomic mass is 32.1. The minimum Gasteiger partial charge on any atom is -0.467 e. The summed E-state index contributed by atoms with van der Waals surface area (Å²) >= 11 is 1.25. The molecule has 0 spiro atoms. The van der Waals surface area contributed by atoms with E-state index in [9.17, 15) is 9.50 Å². The second-order valence-corrected chi connectivity index (χ2v) is 4.19. The Labute approximate surface area is 95.7 Å². The normalized spacial score (nSPS) is 12.9. The highest BCUT2D eigenvalue weighted by Crippen LogP contribution is 2.27. The van der Waals surface area contributed by atoms with Gasteiger partial charge >= 0.3 is 0 Å². The summed E-state index contributed by atoms with van der Waals surface area (Å²) in [6.07, 6.45) is -0.610. The first-order chi connectivity index (χ1) is 7.70. The third-order valence-electron chi connectivity index (χ3n) is 1.99. The number of pyridine rings is 1. The average molecular weight is 242 g/mol. The van der Waals surface area contributed by atoms with Gasteiger partial charge in [-0.25, -0.2) is 14.4 Å². The van der Waals surface area contributed by atoms with Crippen molar-refractivity contribution in [2.45, 2.75) is 13.0 Å². The first kappa shape index (κ1) is 11.2. The van der Waals surface area contributed by atoms with Gasteiger partial charge in [-0.05, 0) is 19.1 Å². The van der Waals surface area contributed by atoms with Crippen molar-refractivity contribution in [1.29, 1.82) is 0 Å². The SMILES string of the molecule is CC(O)c1ccc2nc(OCCF)sc2n1. The molecule has 1 atom stereocenters. The van der Waals surface area contributed by atoms with E-state index in [1.165, 1.54) is 11.3 Å². The molecule has 1 N–H and O–H groups in total. The molecule has 0 aliphatic carbocycles. The summed E-state index contributed by atoms with van der Waals surface area (Å²) in [6, 6.07) is 3.48. The van der Waals surface area contributed by atoms with E-state index in [0.717, 1.165) is 0 Å². The summed E-state index contributed by atoms with van der Waals surface area (Å²) in [5.74, 6) is 0. The summed E-state index contributed by atoms with van der Waals surface area (Å²) in [6.45, 7) is 1.11. The Morgan fingerprint density at radius 1 is 1.50 bits per heavy atom. The Kier molecular flexibility index (Phi) is 3.31. The van der Waals surface area contributed by atoms with Gasteiger partial charge in [-0.15, -0.1) is 0 Å². The fourth-order valence-corrected chi connectivity index (χ4v) is 2.05.